The van der Waals surface area contributed by atoms with Crippen LogP contribution in [0.15, 0.2) is 24.3 Å². The van der Waals surface area contributed by atoms with Crippen LogP contribution >= 0.6 is 0 Å². The lowest BCUT2D eigenvalue weighted by Crippen LogP contribution is -2.41. The average Bonchev–Trinajstić information content (AvgIpc) is 2.82. The maximum absolute atomic E-state index is 12.4. The molecule has 1 amide bonds. The Labute approximate surface area is 223 Å². The number of ether oxygens (including phenoxy) is 5. The van der Waals surface area contributed by atoms with E-state index < -0.39 is 19.6 Å². The number of amides is 1. The van der Waals surface area contributed by atoms with Gasteiger partial charge >= 0.3 is 12.1 Å². The van der Waals surface area contributed by atoms with Crippen LogP contribution in [0.3, 0.4) is 0 Å². The van der Waals surface area contributed by atoms with Gasteiger partial charge < -0.3 is 28.6 Å². The van der Waals surface area contributed by atoms with Crippen LogP contribution < -0.4 is 9.47 Å². The van der Waals surface area contributed by atoms with E-state index in [-0.39, 0.29) is 12.9 Å². The van der Waals surface area contributed by atoms with Gasteiger partial charge in [-0.1, -0.05) is 25.7 Å². The summed E-state index contributed by atoms with van der Waals surface area (Å²) >= 11 is 0. The number of nitrogens with zero attached hydrogens (tertiary/aromatic N) is 1. The van der Waals surface area contributed by atoms with E-state index in [1.54, 1.807) is 12.0 Å². The van der Waals surface area contributed by atoms with Gasteiger partial charge in [-0.25, -0.2) is 9.59 Å². The van der Waals surface area contributed by atoms with Gasteiger partial charge in [0, 0.05) is 33.8 Å². The molecule has 1 saturated heterocycles. The van der Waals surface area contributed by atoms with Crippen molar-refractivity contribution in [2.45, 2.75) is 71.3 Å². The van der Waals surface area contributed by atoms with Gasteiger partial charge in [0.05, 0.1) is 14.2 Å². The average molecular weight is 536 g/mol. The van der Waals surface area contributed by atoms with Gasteiger partial charge in [0.15, 0.2) is 18.3 Å². The summed E-state index contributed by atoms with van der Waals surface area (Å²) < 4.78 is 27.5. The lowest BCUT2D eigenvalue weighted by molar-refractivity contribution is -0.134. The zero-order valence-electron chi connectivity index (χ0n) is 23.8. The first-order valence-electron chi connectivity index (χ1n) is 13.0. The molecule has 2 rings (SSSR count). The highest BCUT2D eigenvalue weighted by molar-refractivity contribution is 6.76. The fraction of sp³-hybridized carbons (Fsp3) is 0.643. The van der Waals surface area contributed by atoms with Crippen LogP contribution in [0.1, 0.15) is 45.6 Å². The number of methoxy groups -OCH3 is 2. The minimum Gasteiger partial charge on any atom is -0.493 e. The number of piperidine rings is 1. The number of esters is 1. The second-order valence-electron chi connectivity index (χ2n) is 11.7. The van der Waals surface area contributed by atoms with E-state index in [4.69, 9.17) is 23.7 Å². The third-order valence-electron chi connectivity index (χ3n) is 6.10. The Hall–Kier alpha value is -2.52. The molecular weight excluding hydrogens is 490 g/mol. The Bertz CT molecular complexity index is 925. The van der Waals surface area contributed by atoms with Crippen molar-refractivity contribution in [3.63, 3.8) is 0 Å². The van der Waals surface area contributed by atoms with Gasteiger partial charge in [-0.3, -0.25) is 0 Å². The molecule has 1 aliphatic heterocycles. The number of hydrogen-bond acceptors (Lipinski definition) is 7. The Morgan fingerprint density at radius 1 is 1.08 bits per heavy atom. The van der Waals surface area contributed by atoms with Crippen molar-refractivity contribution in [3.05, 3.63) is 29.8 Å². The summed E-state index contributed by atoms with van der Waals surface area (Å²) in [6, 6.07) is 6.71. The first-order valence-corrected chi connectivity index (χ1v) is 16.7. The quantitative estimate of drug-likeness (QED) is 0.113. The molecule has 37 heavy (non-hydrogen) atoms. The van der Waals surface area contributed by atoms with E-state index in [0.717, 1.165) is 30.0 Å². The molecule has 0 atom stereocenters. The topological polar surface area (TPSA) is 83.5 Å². The highest BCUT2D eigenvalue weighted by Crippen LogP contribution is 2.35. The standard InChI is InChI=1S/C28H45NO7Si/c1-28(2,3)36-27(31)29-13-11-21(12-14-29)17-23(19-26(30)33-5)22-9-10-24(25(18-22)32-4)35-20-34-15-16-37(6,7)8/h9-10,18-19,21H,11-17,20H2,1-8H3/b23-19-. The van der Waals surface area contributed by atoms with Crippen LogP contribution in [0.5, 0.6) is 11.5 Å². The predicted molar refractivity (Wildman–Crippen MR) is 148 cm³/mol. The molecule has 0 N–H and O–H groups in total. The Balaban J connectivity index is 2.05. The van der Waals surface area contributed by atoms with E-state index in [1.165, 1.54) is 13.2 Å². The van der Waals surface area contributed by atoms with Crippen LogP contribution in [0.2, 0.25) is 25.7 Å². The monoisotopic (exact) mass is 535 g/mol. The number of carbonyl (C=O) groups excluding carboxylic acids is 2. The number of likely N-dealkylation sites (tertiary alicyclic amines) is 1. The number of rotatable bonds is 11. The number of benzene rings is 1. The van der Waals surface area contributed by atoms with Crippen molar-refractivity contribution in [1.82, 2.24) is 4.90 Å². The summed E-state index contributed by atoms with van der Waals surface area (Å²) in [7, 11) is 1.81. The summed E-state index contributed by atoms with van der Waals surface area (Å²) in [5, 5.41) is 0. The second-order valence-corrected chi connectivity index (χ2v) is 17.3. The van der Waals surface area contributed by atoms with Gasteiger partial charge in [-0.05, 0) is 75.3 Å². The zero-order chi connectivity index (χ0) is 27.6. The molecule has 1 aromatic carbocycles. The molecule has 0 saturated carbocycles. The van der Waals surface area contributed by atoms with Crippen molar-refractivity contribution in [2.24, 2.45) is 5.92 Å². The predicted octanol–water partition coefficient (Wildman–Crippen LogP) is 5.98. The van der Waals surface area contributed by atoms with Crippen molar-refractivity contribution in [2.75, 3.05) is 40.7 Å². The minimum absolute atomic E-state index is 0.154. The van der Waals surface area contributed by atoms with E-state index in [9.17, 15) is 9.59 Å². The molecular formula is C28H45NO7Si. The molecule has 0 unspecified atom stereocenters. The fourth-order valence-corrected chi connectivity index (χ4v) is 4.70. The summed E-state index contributed by atoms with van der Waals surface area (Å²) in [6.45, 7) is 14.6. The molecule has 0 radical (unpaired) electrons. The van der Waals surface area contributed by atoms with Crippen molar-refractivity contribution < 1.29 is 33.3 Å². The molecule has 0 aromatic heterocycles. The van der Waals surface area contributed by atoms with Gasteiger partial charge in [0.1, 0.15) is 5.60 Å². The number of carbonyl (C=O) groups is 2. The molecule has 9 heteroatoms. The maximum atomic E-state index is 12.4. The van der Waals surface area contributed by atoms with Crippen LogP contribution in [-0.2, 0) is 19.0 Å². The SMILES string of the molecule is COC(=O)/C=C(/CC1CCN(C(=O)OC(C)(C)C)CC1)c1ccc(OCOCC[Si](C)(C)C)c(OC)c1. The van der Waals surface area contributed by atoms with Gasteiger partial charge in [-0.15, -0.1) is 0 Å². The Kier molecular flexibility index (Phi) is 11.5. The molecule has 1 aliphatic rings. The van der Waals surface area contributed by atoms with Crippen LogP contribution in [0.4, 0.5) is 4.79 Å². The van der Waals surface area contributed by atoms with Gasteiger partial charge in [-0.2, -0.15) is 0 Å². The summed E-state index contributed by atoms with van der Waals surface area (Å²) in [5.74, 6) is 1.07. The minimum atomic E-state index is -1.15. The normalized spacial score (nSPS) is 15.4. The lowest BCUT2D eigenvalue weighted by Gasteiger charge is -2.33. The second kappa shape index (κ2) is 13.9. The molecule has 0 bridgehead atoms. The number of allylic oxidation sites excluding steroid dienone is 1. The smallest absolute Gasteiger partial charge is 0.410 e. The van der Waals surface area contributed by atoms with Crippen LogP contribution in [-0.4, -0.2) is 71.3 Å². The van der Waals surface area contributed by atoms with Crippen LogP contribution in [0.25, 0.3) is 5.57 Å². The largest absolute Gasteiger partial charge is 0.493 e. The van der Waals surface area contributed by atoms with Crippen molar-refractivity contribution >= 4 is 25.7 Å². The molecule has 0 aliphatic carbocycles. The summed E-state index contributed by atoms with van der Waals surface area (Å²) in [5.41, 5.74) is 1.21. The number of hydrogen-bond donors (Lipinski definition) is 0. The van der Waals surface area contributed by atoms with Gasteiger partial charge in [0.25, 0.3) is 0 Å². The molecule has 0 spiro atoms. The van der Waals surface area contributed by atoms with E-state index in [0.29, 0.717) is 43.5 Å². The molecule has 1 heterocycles. The van der Waals surface area contributed by atoms with E-state index >= 15 is 0 Å². The van der Waals surface area contributed by atoms with Crippen LogP contribution in [0, 0.1) is 5.92 Å². The third-order valence-corrected chi connectivity index (χ3v) is 7.80. The summed E-state index contributed by atoms with van der Waals surface area (Å²) in [6.07, 6.45) is 3.59. The van der Waals surface area contributed by atoms with Gasteiger partial charge in [0.2, 0.25) is 0 Å². The lowest BCUT2D eigenvalue weighted by atomic mass is 9.87. The summed E-state index contributed by atoms with van der Waals surface area (Å²) in [4.78, 5) is 26.3. The van der Waals surface area contributed by atoms with E-state index in [1.807, 2.05) is 39.0 Å². The van der Waals surface area contributed by atoms with E-state index in [2.05, 4.69) is 19.6 Å². The molecule has 1 fully saturated rings. The molecule has 208 valence electrons. The fourth-order valence-electron chi connectivity index (χ4n) is 3.95. The maximum Gasteiger partial charge on any atom is 0.410 e. The van der Waals surface area contributed by atoms with Crippen molar-refractivity contribution in [1.29, 1.82) is 0 Å². The molecule has 8 nitrogen and oxygen atoms in total. The first-order chi connectivity index (χ1) is 17.3. The molecule has 1 aromatic rings. The first kappa shape index (κ1) is 30.7. The highest BCUT2D eigenvalue weighted by atomic mass is 28.3. The zero-order valence-corrected chi connectivity index (χ0v) is 24.8. The third kappa shape index (κ3) is 11.2. The highest BCUT2D eigenvalue weighted by Gasteiger charge is 2.27. The van der Waals surface area contributed by atoms with Crippen molar-refractivity contribution in [3.8, 4) is 11.5 Å². The Morgan fingerprint density at radius 2 is 1.76 bits per heavy atom. The Morgan fingerprint density at radius 3 is 2.32 bits per heavy atom.